The molecule has 0 amide bonds. The first-order chi connectivity index (χ1) is 4.34. The summed E-state index contributed by atoms with van der Waals surface area (Å²) in [4.78, 5) is 3.55. The standard InChI is InChI=1S/C4H6N4O/c1-6-2-3-4(5)8-9-7-3/h1-2H2,(H2,5,8). The molecule has 0 aliphatic carbocycles. The van der Waals surface area contributed by atoms with Crippen LogP contribution in [0.5, 0.6) is 0 Å². The summed E-state index contributed by atoms with van der Waals surface area (Å²) in [5.41, 5.74) is 5.80. The molecule has 1 aromatic heterocycles. The average Bonchev–Trinajstić information content (AvgIpc) is 2.18. The molecule has 0 unspecified atom stereocenters. The third kappa shape index (κ3) is 1.04. The molecule has 1 heterocycles. The Labute approximate surface area is 51.5 Å². The number of aliphatic imine (C=N–C) groups is 1. The molecule has 0 radical (unpaired) electrons. The first-order valence-corrected chi connectivity index (χ1v) is 2.34. The molecule has 5 heteroatoms. The van der Waals surface area contributed by atoms with Crippen molar-refractivity contribution in [3.63, 3.8) is 0 Å². The van der Waals surface area contributed by atoms with Crippen LogP contribution < -0.4 is 5.73 Å². The second kappa shape index (κ2) is 2.25. The zero-order valence-electron chi connectivity index (χ0n) is 4.74. The lowest BCUT2D eigenvalue weighted by molar-refractivity contribution is 0.305. The fourth-order valence-electron chi connectivity index (χ4n) is 0.429. The fraction of sp³-hybridized carbons (Fsp3) is 0.250. The van der Waals surface area contributed by atoms with Gasteiger partial charge in [-0.05, 0) is 11.9 Å². The lowest BCUT2D eigenvalue weighted by Gasteiger charge is -1.82. The van der Waals surface area contributed by atoms with Crippen LogP contribution in [0.4, 0.5) is 5.82 Å². The Kier molecular flexibility index (Phi) is 1.44. The van der Waals surface area contributed by atoms with Crippen molar-refractivity contribution in [2.45, 2.75) is 6.54 Å². The van der Waals surface area contributed by atoms with Crippen molar-refractivity contribution in [1.82, 2.24) is 10.3 Å². The highest BCUT2D eigenvalue weighted by Gasteiger charge is 2.01. The largest absolute Gasteiger partial charge is 0.379 e. The molecule has 0 atom stereocenters. The summed E-state index contributed by atoms with van der Waals surface area (Å²) < 4.78 is 4.29. The van der Waals surface area contributed by atoms with Gasteiger partial charge in [0.2, 0.25) is 0 Å². The highest BCUT2D eigenvalue weighted by molar-refractivity contribution is 5.32. The van der Waals surface area contributed by atoms with E-state index >= 15 is 0 Å². The Morgan fingerprint density at radius 3 is 2.89 bits per heavy atom. The van der Waals surface area contributed by atoms with Crippen molar-refractivity contribution in [1.29, 1.82) is 0 Å². The van der Waals surface area contributed by atoms with Gasteiger partial charge in [0.15, 0.2) is 5.82 Å². The van der Waals surface area contributed by atoms with Gasteiger partial charge in [-0.2, -0.15) is 0 Å². The first kappa shape index (κ1) is 5.74. The number of nitrogens with two attached hydrogens (primary N) is 1. The summed E-state index contributed by atoms with van der Waals surface area (Å²) in [7, 11) is 0. The van der Waals surface area contributed by atoms with Gasteiger partial charge >= 0.3 is 0 Å². The minimum absolute atomic E-state index is 0.280. The summed E-state index contributed by atoms with van der Waals surface area (Å²) in [6, 6.07) is 0. The van der Waals surface area contributed by atoms with Crippen LogP contribution in [0.2, 0.25) is 0 Å². The molecule has 0 aliphatic heterocycles. The van der Waals surface area contributed by atoms with E-state index < -0.39 is 0 Å². The lowest BCUT2D eigenvalue weighted by Crippen LogP contribution is -1.90. The van der Waals surface area contributed by atoms with E-state index in [1.165, 1.54) is 0 Å². The molecular formula is C4H6N4O. The molecule has 0 aliphatic rings. The predicted molar refractivity (Wildman–Crippen MR) is 32.0 cm³/mol. The molecule has 0 fully saturated rings. The Morgan fingerprint density at radius 1 is 1.67 bits per heavy atom. The maximum Gasteiger partial charge on any atom is 0.193 e. The zero-order chi connectivity index (χ0) is 6.69. The minimum Gasteiger partial charge on any atom is -0.379 e. The zero-order valence-corrected chi connectivity index (χ0v) is 4.74. The van der Waals surface area contributed by atoms with Gasteiger partial charge in [-0.15, -0.1) is 0 Å². The van der Waals surface area contributed by atoms with Crippen molar-refractivity contribution in [2.24, 2.45) is 4.99 Å². The van der Waals surface area contributed by atoms with Crippen LogP contribution in [0, 0.1) is 0 Å². The van der Waals surface area contributed by atoms with Crippen LogP contribution in [-0.4, -0.2) is 17.0 Å². The smallest absolute Gasteiger partial charge is 0.193 e. The van der Waals surface area contributed by atoms with E-state index in [9.17, 15) is 0 Å². The van der Waals surface area contributed by atoms with Crippen molar-refractivity contribution >= 4 is 12.5 Å². The summed E-state index contributed by atoms with van der Waals surface area (Å²) >= 11 is 0. The molecular weight excluding hydrogens is 120 g/mol. The number of nitrogens with zero attached hydrogens (tertiary/aromatic N) is 3. The van der Waals surface area contributed by atoms with E-state index in [0.717, 1.165) is 0 Å². The van der Waals surface area contributed by atoms with E-state index in [1.807, 2.05) is 0 Å². The summed E-state index contributed by atoms with van der Waals surface area (Å²) in [5.74, 6) is 0.280. The number of aromatic nitrogens is 2. The molecule has 0 saturated heterocycles. The molecule has 0 bridgehead atoms. The molecule has 9 heavy (non-hydrogen) atoms. The second-order valence-corrected chi connectivity index (χ2v) is 1.48. The van der Waals surface area contributed by atoms with Crippen LogP contribution in [0.1, 0.15) is 5.69 Å². The van der Waals surface area contributed by atoms with Crippen molar-refractivity contribution in [3.05, 3.63) is 5.69 Å². The number of rotatable bonds is 2. The molecule has 0 saturated carbocycles. The van der Waals surface area contributed by atoms with Crippen molar-refractivity contribution in [2.75, 3.05) is 5.73 Å². The van der Waals surface area contributed by atoms with Gasteiger partial charge in [-0.1, -0.05) is 5.16 Å². The van der Waals surface area contributed by atoms with E-state index in [1.54, 1.807) is 0 Å². The molecule has 48 valence electrons. The summed E-state index contributed by atoms with van der Waals surface area (Å²) in [5, 5.41) is 6.80. The van der Waals surface area contributed by atoms with Gasteiger partial charge in [-0.3, -0.25) is 4.99 Å². The molecule has 5 nitrogen and oxygen atoms in total. The number of anilines is 1. The minimum atomic E-state index is 0.280. The van der Waals surface area contributed by atoms with E-state index in [2.05, 4.69) is 26.7 Å². The molecule has 1 rings (SSSR count). The molecule has 0 aromatic carbocycles. The molecule has 1 aromatic rings. The Bertz CT molecular complexity index is 206. The number of hydrogen-bond acceptors (Lipinski definition) is 5. The van der Waals surface area contributed by atoms with Gasteiger partial charge in [0, 0.05) is 0 Å². The van der Waals surface area contributed by atoms with Gasteiger partial charge in [0.1, 0.15) is 5.69 Å². The summed E-state index contributed by atoms with van der Waals surface area (Å²) in [6.45, 7) is 3.62. The number of nitrogen functional groups attached to an aromatic ring is 1. The summed E-state index contributed by atoms with van der Waals surface area (Å²) in [6.07, 6.45) is 0. The van der Waals surface area contributed by atoms with Crippen LogP contribution in [0.25, 0.3) is 0 Å². The lowest BCUT2D eigenvalue weighted by atomic mass is 10.4. The van der Waals surface area contributed by atoms with Crippen LogP contribution >= 0.6 is 0 Å². The first-order valence-electron chi connectivity index (χ1n) is 2.34. The van der Waals surface area contributed by atoms with Gasteiger partial charge in [0.05, 0.1) is 6.54 Å². The van der Waals surface area contributed by atoms with Crippen LogP contribution in [0.15, 0.2) is 9.62 Å². The Morgan fingerprint density at radius 2 is 2.44 bits per heavy atom. The third-order valence-electron chi connectivity index (χ3n) is 0.847. The fourth-order valence-corrected chi connectivity index (χ4v) is 0.429. The van der Waals surface area contributed by atoms with Crippen LogP contribution in [-0.2, 0) is 6.54 Å². The Balaban J connectivity index is 2.80. The van der Waals surface area contributed by atoms with Crippen molar-refractivity contribution in [3.8, 4) is 0 Å². The maximum atomic E-state index is 5.27. The monoisotopic (exact) mass is 126 g/mol. The van der Waals surface area contributed by atoms with Gasteiger partial charge in [-0.25, -0.2) is 4.63 Å². The predicted octanol–water partition coefficient (Wildman–Crippen LogP) is -0.148. The second-order valence-electron chi connectivity index (χ2n) is 1.48. The molecule has 2 N–H and O–H groups in total. The van der Waals surface area contributed by atoms with E-state index in [4.69, 9.17) is 5.73 Å². The third-order valence-corrected chi connectivity index (χ3v) is 0.847. The SMILES string of the molecule is C=NCc1nonc1N. The highest BCUT2D eigenvalue weighted by Crippen LogP contribution is 2.03. The van der Waals surface area contributed by atoms with Gasteiger partial charge < -0.3 is 5.73 Å². The quantitative estimate of drug-likeness (QED) is 0.559. The normalized spacial score (nSPS) is 9.33. The topological polar surface area (TPSA) is 77.3 Å². The van der Waals surface area contributed by atoms with E-state index in [-0.39, 0.29) is 5.82 Å². The highest BCUT2D eigenvalue weighted by atomic mass is 16.6. The van der Waals surface area contributed by atoms with Gasteiger partial charge in [0.25, 0.3) is 0 Å². The Hall–Kier alpha value is -1.39. The van der Waals surface area contributed by atoms with Crippen molar-refractivity contribution < 1.29 is 4.63 Å². The van der Waals surface area contributed by atoms with E-state index in [0.29, 0.717) is 12.2 Å². The van der Waals surface area contributed by atoms with Crippen LogP contribution in [0.3, 0.4) is 0 Å². The number of hydrogen-bond donors (Lipinski definition) is 1. The molecule has 0 spiro atoms. The average molecular weight is 126 g/mol. The maximum absolute atomic E-state index is 5.27.